The number of nitrogens with one attached hydrogen (secondary N) is 2. The normalized spacial score (nSPS) is 17.4. The Morgan fingerprint density at radius 1 is 1.28 bits per heavy atom. The van der Waals surface area contributed by atoms with Gasteiger partial charge in [0, 0.05) is 13.1 Å². The second kappa shape index (κ2) is 6.30. The van der Waals surface area contributed by atoms with Gasteiger partial charge in [0.05, 0.1) is 0 Å². The van der Waals surface area contributed by atoms with Gasteiger partial charge in [-0.3, -0.25) is 0 Å². The molecule has 1 fully saturated rings. The lowest BCUT2D eigenvalue weighted by Gasteiger charge is -2.42. The van der Waals surface area contributed by atoms with Crippen LogP contribution in [0.4, 0.5) is 4.39 Å². The van der Waals surface area contributed by atoms with Crippen molar-refractivity contribution in [3.8, 4) is 0 Å². The maximum atomic E-state index is 13.0. The highest BCUT2D eigenvalue weighted by molar-refractivity contribution is 5.16. The summed E-state index contributed by atoms with van der Waals surface area (Å²) < 4.78 is 13.0. The minimum atomic E-state index is -0.141. The van der Waals surface area contributed by atoms with Crippen molar-refractivity contribution in [2.75, 3.05) is 26.7 Å². The van der Waals surface area contributed by atoms with Crippen LogP contribution in [-0.4, -0.2) is 26.7 Å². The number of hydrogen-bond donors (Lipinski definition) is 2. The number of hydrogen-bond acceptors (Lipinski definition) is 2. The van der Waals surface area contributed by atoms with Crippen LogP contribution < -0.4 is 10.6 Å². The fourth-order valence-corrected chi connectivity index (χ4v) is 2.75. The lowest BCUT2D eigenvalue weighted by atomic mass is 9.68. The summed E-state index contributed by atoms with van der Waals surface area (Å²) in [6.45, 7) is 3.10. The molecule has 0 atom stereocenters. The molecular formula is C15H23FN2. The standard InChI is InChI=1S/C15H23FN2/c1-17-11-15(7-3-8-15)12-18-9-6-13-4-2-5-14(16)10-13/h2,4-5,10,17-18H,3,6-9,11-12H2,1H3. The molecule has 0 aromatic heterocycles. The maximum absolute atomic E-state index is 13.0. The Kier molecular flexibility index (Phi) is 4.72. The van der Waals surface area contributed by atoms with E-state index in [9.17, 15) is 4.39 Å². The SMILES string of the molecule is CNCC1(CNCCc2cccc(F)c2)CCC1. The van der Waals surface area contributed by atoms with Crippen molar-refractivity contribution in [3.05, 3.63) is 35.6 Å². The van der Waals surface area contributed by atoms with Crippen molar-refractivity contribution >= 4 is 0 Å². The van der Waals surface area contributed by atoms with Crippen LogP contribution in [0.5, 0.6) is 0 Å². The van der Waals surface area contributed by atoms with Crippen LogP contribution in [0.2, 0.25) is 0 Å². The summed E-state index contributed by atoms with van der Waals surface area (Å²) in [4.78, 5) is 0. The van der Waals surface area contributed by atoms with E-state index in [1.807, 2.05) is 13.1 Å². The minimum Gasteiger partial charge on any atom is -0.319 e. The Morgan fingerprint density at radius 2 is 2.11 bits per heavy atom. The molecule has 0 bridgehead atoms. The van der Waals surface area contributed by atoms with Crippen LogP contribution in [0.15, 0.2) is 24.3 Å². The predicted molar refractivity (Wildman–Crippen MR) is 73.2 cm³/mol. The first kappa shape index (κ1) is 13.5. The highest BCUT2D eigenvalue weighted by Gasteiger charge is 2.35. The van der Waals surface area contributed by atoms with Gasteiger partial charge in [-0.1, -0.05) is 18.6 Å². The quantitative estimate of drug-likeness (QED) is 0.726. The fourth-order valence-electron chi connectivity index (χ4n) is 2.75. The molecule has 0 spiro atoms. The van der Waals surface area contributed by atoms with Gasteiger partial charge >= 0.3 is 0 Å². The first-order valence-electron chi connectivity index (χ1n) is 6.84. The molecule has 2 N–H and O–H groups in total. The smallest absolute Gasteiger partial charge is 0.123 e. The van der Waals surface area contributed by atoms with E-state index in [4.69, 9.17) is 0 Å². The molecule has 2 rings (SSSR count). The molecule has 1 aromatic carbocycles. The molecule has 0 unspecified atom stereocenters. The number of benzene rings is 1. The molecule has 0 radical (unpaired) electrons. The van der Waals surface area contributed by atoms with Crippen molar-refractivity contribution in [2.24, 2.45) is 5.41 Å². The highest BCUT2D eigenvalue weighted by atomic mass is 19.1. The zero-order valence-corrected chi connectivity index (χ0v) is 11.1. The first-order valence-corrected chi connectivity index (χ1v) is 6.84. The molecule has 1 aliphatic carbocycles. The molecule has 0 saturated heterocycles. The Labute approximate surface area is 109 Å². The van der Waals surface area contributed by atoms with Gasteiger partial charge in [-0.25, -0.2) is 4.39 Å². The lowest BCUT2D eigenvalue weighted by Crippen LogP contribution is -2.46. The average Bonchev–Trinajstić information content (AvgIpc) is 2.31. The van der Waals surface area contributed by atoms with Crippen molar-refractivity contribution in [1.82, 2.24) is 10.6 Å². The van der Waals surface area contributed by atoms with Crippen LogP contribution in [0.3, 0.4) is 0 Å². The van der Waals surface area contributed by atoms with E-state index >= 15 is 0 Å². The van der Waals surface area contributed by atoms with E-state index in [1.54, 1.807) is 12.1 Å². The second-order valence-corrected chi connectivity index (χ2v) is 5.44. The van der Waals surface area contributed by atoms with E-state index in [1.165, 1.54) is 25.3 Å². The second-order valence-electron chi connectivity index (χ2n) is 5.44. The predicted octanol–water partition coefficient (Wildman–Crippen LogP) is 2.35. The van der Waals surface area contributed by atoms with Crippen LogP contribution in [0.1, 0.15) is 24.8 Å². The molecule has 0 aliphatic heterocycles. The van der Waals surface area contributed by atoms with Crippen LogP contribution in [0, 0.1) is 11.2 Å². The van der Waals surface area contributed by atoms with E-state index in [0.717, 1.165) is 31.6 Å². The maximum Gasteiger partial charge on any atom is 0.123 e. The zero-order chi connectivity index (χ0) is 12.8. The summed E-state index contributed by atoms with van der Waals surface area (Å²) in [5, 5.41) is 6.81. The van der Waals surface area contributed by atoms with Gasteiger partial charge in [0.15, 0.2) is 0 Å². The van der Waals surface area contributed by atoms with Crippen LogP contribution in [0.25, 0.3) is 0 Å². The first-order chi connectivity index (χ1) is 8.74. The van der Waals surface area contributed by atoms with Crippen molar-refractivity contribution in [3.63, 3.8) is 0 Å². The monoisotopic (exact) mass is 250 g/mol. The molecule has 1 aliphatic rings. The summed E-state index contributed by atoms with van der Waals surface area (Å²) in [5.41, 5.74) is 1.54. The van der Waals surface area contributed by atoms with Crippen molar-refractivity contribution in [2.45, 2.75) is 25.7 Å². The third-order valence-corrected chi connectivity index (χ3v) is 3.95. The third kappa shape index (κ3) is 3.53. The van der Waals surface area contributed by atoms with E-state index in [2.05, 4.69) is 10.6 Å². The van der Waals surface area contributed by atoms with Gasteiger partial charge in [-0.05, 0) is 56.0 Å². The highest BCUT2D eigenvalue weighted by Crippen LogP contribution is 2.39. The summed E-state index contributed by atoms with van der Waals surface area (Å²) in [7, 11) is 2.02. The molecule has 100 valence electrons. The molecule has 1 aromatic rings. The summed E-state index contributed by atoms with van der Waals surface area (Å²) in [6.07, 6.45) is 4.89. The number of rotatable bonds is 7. The van der Waals surface area contributed by atoms with E-state index < -0.39 is 0 Å². The third-order valence-electron chi connectivity index (χ3n) is 3.95. The molecule has 0 amide bonds. The Balaban J connectivity index is 1.69. The molecule has 1 saturated carbocycles. The lowest BCUT2D eigenvalue weighted by molar-refractivity contribution is 0.131. The Hall–Kier alpha value is -0.930. The Bertz CT molecular complexity index is 375. The molecule has 2 nitrogen and oxygen atoms in total. The summed E-state index contributed by atoms with van der Waals surface area (Å²) >= 11 is 0. The molecular weight excluding hydrogens is 227 g/mol. The van der Waals surface area contributed by atoms with E-state index in [-0.39, 0.29) is 5.82 Å². The van der Waals surface area contributed by atoms with Crippen molar-refractivity contribution in [1.29, 1.82) is 0 Å². The number of halogens is 1. The van der Waals surface area contributed by atoms with Crippen LogP contribution >= 0.6 is 0 Å². The topological polar surface area (TPSA) is 24.1 Å². The Morgan fingerprint density at radius 3 is 2.72 bits per heavy atom. The fraction of sp³-hybridized carbons (Fsp3) is 0.600. The molecule has 3 heteroatoms. The molecule has 18 heavy (non-hydrogen) atoms. The van der Waals surface area contributed by atoms with Gasteiger partial charge < -0.3 is 10.6 Å². The largest absolute Gasteiger partial charge is 0.319 e. The van der Waals surface area contributed by atoms with Gasteiger partial charge in [-0.2, -0.15) is 0 Å². The zero-order valence-electron chi connectivity index (χ0n) is 11.1. The van der Waals surface area contributed by atoms with Crippen LogP contribution in [-0.2, 0) is 6.42 Å². The van der Waals surface area contributed by atoms with Gasteiger partial charge in [0.1, 0.15) is 5.82 Å². The van der Waals surface area contributed by atoms with Crippen molar-refractivity contribution < 1.29 is 4.39 Å². The average molecular weight is 250 g/mol. The summed E-state index contributed by atoms with van der Waals surface area (Å²) in [6, 6.07) is 6.87. The molecule has 0 heterocycles. The van der Waals surface area contributed by atoms with E-state index in [0.29, 0.717) is 5.41 Å². The van der Waals surface area contributed by atoms with Gasteiger partial charge in [0.2, 0.25) is 0 Å². The van der Waals surface area contributed by atoms with Gasteiger partial charge in [-0.15, -0.1) is 0 Å². The minimum absolute atomic E-state index is 0.141. The van der Waals surface area contributed by atoms with Gasteiger partial charge in [0.25, 0.3) is 0 Å². The summed E-state index contributed by atoms with van der Waals surface area (Å²) in [5.74, 6) is -0.141.